The summed E-state index contributed by atoms with van der Waals surface area (Å²) in [5.41, 5.74) is -0.231. The Hall–Kier alpha value is -2.57. The molecule has 0 aliphatic carbocycles. The molecule has 0 saturated heterocycles. The maximum Gasteiger partial charge on any atom is 0.341 e. The maximum absolute atomic E-state index is 15.0. The number of carbonyl (C=O) groups is 1. The Morgan fingerprint density at radius 2 is 2.04 bits per heavy atom. The summed E-state index contributed by atoms with van der Waals surface area (Å²) in [6, 6.07) is 0.993. The molecule has 1 aromatic carbocycles. The molecule has 7 heteroatoms. The summed E-state index contributed by atoms with van der Waals surface area (Å²) in [6.45, 7) is 7.53. The van der Waals surface area contributed by atoms with Gasteiger partial charge in [0.25, 0.3) is 0 Å². The van der Waals surface area contributed by atoms with E-state index in [1.54, 1.807) is 4.57 Å². The van der Waals surface area contributed by atoms with Crippen LogP contribution in [0.25, 0.3) is 10.9 Å². The van der Waals surface area contributed by atoms with Crippen LogP contribution < -0.4 is 15.1 Å². The van der Waals surface area contributed by atoms with E-state index in [1.165, 1.54) is 6.20 Å². The molecule has 0 amide bonds. The number of benzene rings is 1. The molecule has 6 nitrogen and oxygen atoms in total. The van der Waals surface area contributed by atoms with Crippen LogP contribution in [0.4, 0.5) is 10.1 Å². The molecular formula is C19H23FN2O4. The normalized spacial score (nSPS) is 15.8. The zero-order valence-electron chi connectivity index (χ0n) is 15.2. The Bertz CT molecular complexity index is 916. The van der Waals surface area contributed by atoms with Crippen molar-refractivity contribution in [1.82, 2.24) is 4.57 Å². The lowest BCUT2D eigenvalue weighted by atomic mass is 10.1. The van der Waals surface area contributed by atoms with E-state index in [1.807, 2.05) is 25.7 Å². The van der Waals surface area contributed by atoms with Crippen LogP contribution in [-0.4, -0.2) is 35.3 Å². The second kappa shape index (κ2) is 6.97. The molecule has 140 valence electrons. The zero-order valence-corrected chi connectivity index (χ0v) is 15.2. The first-order chi connectivity index (χ1) is 12.4. The number of pyridine rings is 1. The molecule has 0 fully saturated rings. The minimum Gasteiger partial charge on any atom is -0.487 e. The molecule has 2 aromatic rings. The number of hydrogen-bond acceptors (Lipinski definition) is 4. The topological polar surface area (TPSA) is 71.8 Å². The molecule has 1 atom stereocenters. The predicted octanol–water partition coefficient (Wildman–Crippen LogP) is 3.42. The summed E-state index contributed by atoms with van der Waals surface area (Å²) >= 11 is 0. The highest BCUT2D eigenvalue weighted by Gasteiger charge is 2.29. The maximum atomic E-state index is 15.0. The Labute approximate surface area is 150 Å². The van der Waals surface area contributed by atoms with E-state index < -0.39 is 17.2 Å². The van der Waals surface area contributed by atoms with Gasteiger partial charge in [0.05, 0.1) is 16.9 Å². The van der Waals surface area contributed by atoms with E-state index in [-0.39, 0.29) is 23.6 Å². The third-order valence-corrected chi connectivity index (χ3v) is 4.68. The number of anilines is 1. The molecule has 3 rings (SSSR count). The first-order valence-electron chi connectivity index (χ1n) is 8.93. The third kappa shape index (κ3) is 2.81. The van der Waals surface area contributed by atoms with Gasteiger partial charge in [-0.3, -0.25) is 4.79 Å². The lowest BCUT2D eigenvalue weighted by Crippen LogP contribution is -2.31. The van der Waals surface area contributed by atoms with Gasteiger partial charge in [-0.15, -0.1) is 0 Å². The van der Waals surface area contributed by atoms with Crippen molar-refractivity contribution < 1.29 is 19.0 Å². The van der Waals surface area contributed by atoms with Crippen molar-refractivity contribution in [3.8, 4) is 5.75 Å². The van der Waals surface area contributed by atoms with Gasteiger partial charge in [0.2, 0.25) is 5.43 Å². The first-order valence-corrected chi connectivity index (χ1v) is 8.93. The van der Waals surface area contributed by atoms with Gasteiger partial charge >= 0.3 is 5.97 Å². The number of carboxylic acids is 1. The molecule has 0 radical (unpaired) electrons. The number of halogens is 1. The number of rotatable bonds is 6. The van der Waals surface area contributed by atoms with Crippen LogP contribution in [0.15, 0.2) is 17.1 Å². The Balaban J connectivity index is 2.39. The Morgan fingerprint density at radius 1 is 1.38 bits per heavy atom. The summed E-state index contributed by atoms with van der Waals surface area (Å²) in [6.07, 6.45) is 3.03. The van der Waals surface area contributed by atoms with Gasteiger partial charge in [-0.05, 0) is 25.8 Å². The lowest BCUT2D eigenvalue weighted by Gasteiger charge is -2.32. The molecule has 26 heavy (non-hydrogen) atoms. The van der Waals surface area contributed by atoms with Crippen LogP contribution in [-0.2, 0) is 0 Å². The van der Waals surface area contributed by atoms with Crippen LogP contribution in [0.2, 0.25) is 0 Å². The van der Waals surface area contributed by atoms with Crippen molar-refractivity contribution in [2.75, 3.05) is 24.6 Å². The smallest absolute Gasteiger partial charge is 0.341 e. The van der Waals surface area contributed by atoms with Crippen LogP contribution in [0.3, 0.4) is 0 Å². The standard InChI is InChI=1S/C19H23FN2O4/c1-4-6-21(7-5-2)16-14(20)8-12-15-18(16)26-10-11(3)22(15)9-13(17(12)23)19(24)25/h8-9,11H,4-7,10H2,1-3H3,(H,24,25)/t11-/m0/s1. The van der Waals surface area contributed by atoms with Crippen molar-refractivity contribution in [2.45, 2.75) is 39.7 Å². The molecule has 0 saturated carbocycles. The van der Waals surface area contributed by atoms with Crippen LogP contribution in [0.5, 0.6) is 5.75 Å². The summed E-state index contributed by atoms with van der Waals surface area (Å²) in [4.78, 5) is 25.9. The number of aromatic nitrogens is 1. The first kappa shape index (κ1) is 18.2. The van der Waals surface area contributed by atoms with E-state index in [9.17, 15) is 14.7 Å². The number of nitrogens with zero attached hydrogens (tertiary/aromatic N) is 2. The highest BCUT2D eigenvalue weighted by Crippen LogP contribution is 2.41. The fraction of sp³-hybridized carbons (Fsp3) is 0.474. The molecule has 1 aliphatic rings. The van der Waals surface area contributed by atoms with Gasteiger partial charge < -0.3 is 19.3 Å². The van der Waals surface area contributed by atoms with Gasteiger partial charge in [0.15, 0.2) is 11.6 Å². The summed E-state index contributed by atoms with van der Waals surface area (Å²) in [5, 5.41) is 9.37. The molecule has 1 aliphatic heterocycles. The van der Waals surface area contributed by atoms with Crippen LogP contribution in [0.1, 0.15) is 50.0 Å². The van der Waals surface area contributed by atoms with Gasteiger partial charge in [0, 0.05) is 19.3 Å². The quantitative estimate of drug-likeness (QED) is 0.852. The average molecular weight is 362 g/mol. The minimum atomic E-state index is -1.32. The monoisotopic (exact) mass is 362 g/mol. The molecule has 1 N–H and O–H groups in total. The molecule has 2 heterocycles. The Morgan fingerprint density at radius 3 is 2.62 bits per heavy atom. The van der Waals surface area contributed by atoms with Crippen molar-refractivity contribution in [2.24, 2.45) is 0 Å². The van der Waals surface area contributed by atoms with Crippen molar-refractivity contribution in [1.29, 1.82) is 0 Å². The second-order valence-electron chi connectivity index (χ2n) is 6.66. The number of ether oxygens (including phenoxy) is 1. The summed E-state index contributed by atoms with van der Waals surface area (Å²) in [7, 11) is 0. The molecule has 0 bridgehead atoms. The van der Waals surface area contributed by atoms with E-state index >= 15 is 4.39 Å². The lowest BCUT2D eigenvalue weighted by molar-refractivity contribution is 0.0694. The second-order valence-corrected chi connectivity index (χ2v) is 6.66. The van der Waals surface area contributed by atoms with E-state index in [0.29, 0.717) is 30.0 Å². The predicted molar refractivity (Wildman–Crippen MR) is 98.1 cm³/mol. The molecule has 1 aromatic heterocycles. The van der Waals surface area contributed by atoms with Gasteiger partial charge in [-0.1, -0.05) is 13.8 Å². The number of hydrogen-bond donors (Lipinski definition) is 1. The number of carboxylic acid groups (broad SMARTS) is 1. The highest BCUT2D eigenvalue weighted by atomic mass is 19.1. The summed E-state index contributed by atoms with van der Waals surface area (Å²) in [5.74, 6) is -1.55. The summed E-state index contributed by atoms with van der Waals surface area (Å²) < 4.78 is 22.6. The highest BCUT2D eigenvalue weighted by molar-refractivity contribution is 5.97. The zero-order chi connectivity index (χ0) is 19.0. The molecular weight excluding hydrogens is 339 g/mol. The number of aromatic carboxylic acids is 1. The van der Waals surface area contributed by atoms with Gasteiger partial charge in [-0.2, -0.15) is 0 Å². The van der Waals surface area contributed by atoms with E-state index in [4.69, 9.17) is 4.74 Å². The average Bonchev–Trinajstić information content (AvgIpc) is 2.59. The minimum absolute atomic E-state index is 0.0423. The van der Waals surface area contributed by atoms with Crippen LogP contribution in [0, 0.1) is 5.82 Å². The van der Waals surface area contributed by atoms with Crippen molar-refractivity contribution in [3.63, 3.8) is 0 Å². The van der Waals surface area contributed by atoms with Crippen molar-refractivity contribution >= 4 is 22.6 Å². The van der Waals surface area contributed by atoms with E-state index in [2.05, 4.69) is 0 Å². The SMILES string of the molecule is CCCN(CCC)c1c(F)cc2c(=O)c(C(=O)O)cn3c2c1OC[C@@H]3C. The molecule has 0 unspecified atom stereocenters. The fourth-order valence-corrected chi connectivity index (χ4v) is 3.53. The Kier molecular flexibility index (Phi) is 4.89. The van der Waals surface area contributed by atoms with Gasteiger partial charge in [0.1, 0.15) is 17.9 Å². The van der Waals surface area contributed by atoms with E-state index in [0.717, 1.165) is 18.9 Å². The molecule has 0 spiro atoms. The van der Waals surface area contributed by atoms with Crippen LogP contribution >= 0.6 is 0 Å². The largest absolute Gasteiger partial charge is 0.487 e. The van der Waals surface area contributed by atoms with Gasteiger partial charge in [-0.25, -0.2) is 9.18 Å². The van der Waals surface area contributed by atoms with Crippen molar-refractivity contribution in [3.05, 3.63) is 33.9 Å². The third-order valence-electron chi connectivity index (χ3n) is 4.68. The fourth-order valence-electron chi connectivity index (χ4n) is 3.53.